The highest BCUT2D eigenvalue weighted by Gasteiger charge is 2.40. The lowest BCUT2D eigenvalue weighted by Crippen LogP contribution is -2.31. The number of ether oxygens (including phenoxy) is 1. The number of rotatable bonds is 5. The van der Waals surface area contributed by atoms with Gasteiger partial charge in [-0.1, -0.05) is 70.4 Å². The highest BCUT2D eigenvalue weighted by Crippen LogP contribution is 2.51. The molecule has 2 aromatic rings. The smallest absolute Gasteiger partial charge is 0.152 e. The molecular formula is C28H38FNO. The minimum absolute atomic E-state index is 0.00738. The molecule has 1 saturated carbocycles. The van der Waals surface area contributed by atoms with Gasteiger partial charge in [0, 0.05) is 29.6 Å². The fourth-order valence-electron chi connectivity index (χ4n) is 5.79. The first-order chi connectivity index (χ1) is 14.7. The van der Waals surface area contributed by atoms with E-state index in [1.165, 1.54) is 24.0 Å². The molecule has 2 atom stereocenters. The van der Waals surface area contributed by atoms with Crippen molar-refractivity contribution in [1.29, 1.82) is 0 Å². The zero-order valence-corrected chi connectivity index (χ0v) is 20.1. The number of hydrogen-bond donors (Lipinski definition) is 0. The van der Waals surface area contributed by atoms with Crippen molar-refractivity contribution in [3.63, 3.8) is 0 Å². The van der Waals surface area contributed by atoms with Crippen molar-refractivity contribution in [2.45, 2.75) is 97.3 Å². The van der Waals surface area contributed by atoms with Crippen molar-refractivity contribution >= 4 is 0 Å². The van der Waals surface area contributed by atoms with Gasteiger partial charge in [0.1, 0.15) is 0 Å². The molecule has 2 aliphatic carbocycles. The van der Waals surface area contributed by atoms with Gasteiger partial charge in [-0.25, -0.2) is 4.39 Å². The van der Waals surface area contributed by atoms with Crippen LogP contribution in [0, 0.1) is 12.3 Å². The van der Waals surface area contributed by atoms with Crippen LogP contribution in [0.25, 0.3) is 0 Å². The molecule has 31 heavy (non-hydrogen) atoms. The number of aromatic nitrogens is 1. The summed E-state index contributed by atoms with van der Waals surface area (Å²) in [5.41, 5.74) is 7.40. The molecule has 0 spiro atoms. The Kier molecular flexibility index (Phi) is 6.27. The van der Waals surface area contributed by atoms with E-state index in [0.717, 1.165) is 53.8 Å². The predicted molar refractivity (Wildman–Crippen MR) is 126 cm³/mol. The first kappa shape index (κ1) is 22.5. The Morgan fingerprint density at radius 2 is 1.71 bits per heavy atom. The van der Waals surface area contributed by atoms with E-state index in [1.807, 2.05) is 31.2 Å². The topological polar surface area (TPSA) is 22.1 Å². The molecular weight excluding hydrogens is 385 g/mol. The summed E-state index contributed by atoms with van der Waals surface area (Å²) in [5, 5.41) is 0. The van der Waals surface area contributed by atoms with Crippen LogP contribution in [-0.2, 0) is 11.2 Å². The van der Waals surface area contributed by atoms with Gasteiger partial charge in [-0.15, -0.1) is 0 Å². The van der Waals surface area contributed by atoms with Gasteiger partial charge in [0.25, 0.3) is 0 Å². The van der Waals surface area contributed by atoms with E-state index in [0.29, 0.717) is 5.92 Å². The Hall–Kier alpha value is -1.74. The average molecular weight is 424 g/mol. The fraction of sp³-hybridized carbons (Fsp3) is 0.607. The summed E-state index contributed by atoms with van der Waals surface area (Å²) in [6.07, 6.45) is 5.46. The number of aryl methyl sites for hydroxylation is 1. The van der Waals surface area contributed by atoms with Crippen LogP contribution >= 0.6 is 0 Å². The van der Waals surface area contributed by atoms with Crippen LogP contribution in [0.15, 0.2) is 24.3 Å². The Morgan fingerprint density at radius 3 is 2.29 bits per heavy atom. The summed E-state index contributed by atoms with van der Waals surface area (Å²) in [6.45, 7) is 10.9. The quantitative estimate of drug-likeness (QED) is 0.488. The lowest BCUT2D eigenvalue weighted by Gasteiger charge is -2.39. The summed E-state index contributed by atoms with van der Waals surface area (Å²) in [4.78, 5) is 5.18. The molecule has 2 aliphatic rings. The van der Waals surface area contributed by atoms with Crippen LogP contribution in [0.4, 0.5) is 4.39 Å². The zero-order valence-electron chi connectivity index (χ0n) is 20.1. The molecule has 1 fully saturated rings. The normalized spacial score (nSPS) is 22.0. The minimum Gasteiger partial charge on any atom is -0.377 e. The lowest BCUT2D eigenvalue weighted by molar-refractivity contribution is 0.0478. The number of alkyl halides is 1. The Morgan fingerprint density at radius 1 is 1.06 bits per heavy atom. The third-order valence-electron chi connectivity index (χ3n) is 7.35. The standard InChI is InChI=1S/C28H38FNO/c1-17(2)27-25(26(29)20-13-11-18(3)12-14-20)23(19-9-7-8-10-19)24-21(30-27)15-28(4,5)16-22(24)31-6/h11-14,17,19,22,26H,7-10,15-16H2,1-6H3/t22-,26-/m0/s1. The number of methoxy groups -OCH3 is 1. The highest BCUT2D eigenvalue weighted by atomic mass is 19.1. The third kappa shape index (κ3) is 4.31. The summed E-state index contributed by atoms with van der Waals surface area (Å²) in [7, 11) is 1.80. The highest BCUT2D eigenvalue weighted by molar-refractivity contribution is 5.50. The molecule has 1 heterocycles. The summed E-state index contributed by atoms with van der Waals surface area (Å²) in [6, 6.07) is 7.91. The molecule has 1 aromatic heterocycles. The van der Waals surface area contributed by atoms with Gasteiger partial charge in [0.05, 0.1) is 6.10 Å². The molecule has 1 aromatic carbocycles. The second kappa shape index (κ2) is 8.65. The molecule has 2 nitrogen and oxygen atoms in total. The molecule has 0 saturated heterocycles. The molecule has 0 unspecified atom stereocenters. The maximum Gasteiger partial charge on any atom is 0.152 e. The van der Waals surface area contributed by atoms with Crippen LogP contribution < -0.4 is 0 Å². The Labute approximate surface area is 187 Å². The van der Waals surface area contributed by atoms with E-state index in [2.05, 4.69) is 27.7 Å². The average Bonchev–Trinajstić information content (AvgIpc) is 3.25. The number of nitrogens with zero attached hydrogens (tertiary/aromatic N) is 1. The Bertz CT molecular complexity index is 925. The third-order valence-corrected chi connectivity index (χ3v) is 7.35. The molecule has 0 amide bonds. The van der Waals surface area contributed by atoms with Crippen molar-refractivity contribution < 1.29 is 9.13 Å². The largest absolute Gasteiger partial charge is 0.377 e. The second-order valence-electron chi connectivity index (χ2n) is 10.9. The van der Waals surface area contributed by atoms with Gasteiger partial charge in [-0.3, -0.25) is 4.98 Å². The van der Waals surface area contributed by atoms with E-state index in [1.54, 1.807) is 7.11 Å². The molecule has 4 rings (SSSR count). The summed E-state index contributed by atoms with van der Waals surface area (Å²) < 4.78 is 22.5. The minimum atomic E-state index is -1.15. The number of hydrogen-bond acceptors (Lipinski definition) is 2. The maximum absolute atomic E-state index is 16.4. The van der Waals surface area contributed by atoms with Gasteiger partial charge in [-0.05, 0) is 61.0 Å². The predicted octanol–water partition coefficient (Wildman–Crippen LogP) is 7.89. The van der Waals surface area contributed by atoms with Crippen molar-refractivity contribution in [1.82, 2.24) is 4.98 Å². The van der Waals surface area contributed by atoms with E-state index in [9.17, 15) is 0 Å². The van der Waals surface area contributed by atoms with Gasteiger partial charge in [0.2, 0.25) is 0 Å². The van der Waals surface area contributed by atoms with Gasteiger partial charge >= 0.3 is 0 Å². The van der Waals surface area contributed by atoms with Gasteiger partial charge < -0.3 is 4.74 Å². The monoisotopic (exact) mass is 423 g/mol. The molecule has 0 aliphatic heterocycles. The van der Waals surface area contributed by atoms with E-state index in [4.69, 9.17) is 9.72 Å². The SMILES string of the molecule is CO[C@H]1CC(C)(C)Cc2nc(C(C)C)c([C@@H](F)c3ccc(C)cc3)c(C3CCCC3)c21. The van der Waals surface area contributed by atoms with Crippen LogP contribution in [0.2, 0.25) is 0 Å². The summed E-state index contributed by atoms with van der Waals surface area (Å²) >= 11 is 0. The first-order valence-corrected chi connectivity index (χ1v) is 12.0. The second-order valence-corrected chi connectivity index (χ2v) is 10.9. The zero-order chi connectivity index (χ0) is 22.3. The van der Waals surface area contributed by atoms with Gasteiger partial charge in [0.15, 0.2) is 6.17 Å². The van der Waals surface area contributed by atoms with Crippen molar-refractivity contribution in [2.75, 3.05) is 7.11 Å². The number of pyridine rings is 1. The Balaban J connectivity index is 1.99. The van der Waals surface area contributed by atoms with Crippen LogP contribution in [0.5, 0.6) is 0 Å². The number of fused-ring (bicyclic) bond motifs is 1. The molecule has 3 heteroatoms. The number of benzene rings is 1. The van der Waals surface area contributed by atoms with Crippen LogP contribution in [-0.4, -0.2) is 12.1 Å². The first-order valence-electron chi connectivity index (χ1n) is 12.0. The van der Waals surface area contributed by atoms with Crippen molar-refractivity contribution in [2.24, 2.45) is 5.41 Å². The molecule has 168 valence electrons. The molecule has 0 bridgehead atoms. The fourth-order valence-corrected chi connectivity index (χ4v) is 5.79. The number of halogens is 1. The van der Waals surface area contributed by atoms with E-state index < -0.39 is 6.17 Å². The molecule has 0 N–H and O–H groups in total. The maximum atomic E-state index is 16.4. The van der Waals surface area contributed by atoms with Crippen LogP contribution in [0.3, 0.4) is 0 Å². The van der Waals surface area contributed by atoms with E-state index >= 15 is 4.39 Å². The van der Waals surface area contributed by atoms with E-state index in [-0.39, 0.29) is 17.4 Å². The van der Waals surface area contributed by atoms with Crippen LogP contribution in [0.1, 0.15) is 123 Å². The van der Waals surface area contributed by atoms with Crippen molar-refractivity contribution in [3.8, 4) is 0 Å². The summed E-state index contributed by atoms with van der Waals surface area (Å²) in [5.74, 6) is 0.585. The van der Waals surface area contributed by atoms with Gasteiger partial charge in [-0.2, -0.15) is 0 Å². The molecule has 0 radical (unpaired) electrons. The lowest BCUT2D eigenvalue weighted by atomic mass is 9.70. The van der Waals surface area contributed by atoms with Crippen molar-refractivity contribution in [3.05, 3.63) is 63.5 Å².